The van der Waals surface area contributed by atoms with Gasteiger partial charge in [-0.1, -0.05) is 11.6 Å². The molecule has 2 saturated heterocycles. The highest BCUT2D eigenvalue weighted by molar-refractivity contribution is 6.53. The number of phenols is 1. The molecule has 3 fully saturated rings. The van der Waals surface area contributed by atoms with Crippen LogP contribution in [0.3, 0.4) is 0 Å². The quantitative estimate of drug-likeness (QED) is 0.168. The first-order valence-corrected chi connectivity index (χ1v) is 13.9. The minimum absolute atomic E-state index is 0.0548. The number of likely N-dealkylation sites (tertiary alicyclic amines) is 1. The highest BCUT2D eigenvalue weighted by Gasteiger charge is 2.76. The van der Waals surface area contributed by atoms with E-state index in [1.807, 2.05) is 0 Å². The van der Waals surface area contributed by atoms with Crippen molar-refractivity contribution in [3.8, 4) is 11.5 Å². The minimum Gasteiger partial charge on any atom is -0.508 e. The normalized spacial score (nSPS) is 31.5. The predicted octanol–water partition coefficient (Wildman–Crippen LogP) is 4.39. The first-order chi connectivity index (χ1) is 20.5. The second-order valence-electron chi connectivity index (χ2n) is 11.1. The van der Waals surface area contributed by atoms with E-state index in [0.29, 0.717) is 4.90 Å². The van der Waals surface area contributed by atoms with Crippen molar-refractivity contribution in [2.75, 3.05) is 11.9 Å². The second kappa shape index (κ2) is 9.66. The number of nitro groups is 1. The van der Waals surface area contributed by atoms with Crippen molar-refractivity contribution in [3.05, 3.63) is 69.8 Å². The smallest absolute Gasteiger partial charge is 0.508 e. The molecule has 11 nitrogen and oxygen atoms in total. The Morgan fingerprint density at radius 3 is 2.30 bits per heavy atom. The number of alkyl halides is 5. The summed E-state index contributed by atoms with van der Waals surface area (Å²) in [6, 6.07) is 7.35. The lowest BCUT2D eigenvalue weighted by Crippen LogP contribution is -2.60. The van der Waals surface area contributed by atoms with E-state index in [1.54, 1.807) is 0 Å². The third-order valence-electron chi connectivity index (χ3n) is 8.88. The zero-order chi connectivity index (χ0) is 32.1. The number of phenolic OH excluding ortho intramolecular Hbond substituents is 1. The van der Waals surface area contributed by atoms with Gasteiger partial charge in [0, 0.05) is 30.7 Å². The van der Waals surface area contributed by atoms with Gasteiger partial charge in [-0.25, -0.2) is 0 Å². The number of nitro benzene ring substituents is 1. The number of amides is 4. The summed E-state index contributed by atoms with van der Waals surface area (Å²) in [4.78, 5) is 62.1. The van der Waals surface area contributed by atoms with Crippen LogP contribution in [0.5, 0.6) is 11.5 Å². The van der Waals surface area contributed by atoms with E-state index in [4.69, 9.17) is 23.2 Å². The Balaban J connectivity index is 1.49. The molecule has 0 unspecified atom stereocenters. The third kappa shape index (κ3) is 4.03. The number of anilines is 1. The molecule has 1 N–H and O–H groups in total. The molecule has 6 rings (SSSR count). The van der Waals surface area contributed by atoms with Gasteiger partial charge in [-0.05, 0) is 49.1 Å². The second-order valence-corrected chi connectivity index (χ2v) is 12.3. The average molecular weight is 654 g/mol. The van der Waals surface area contributed by atoms with Gasteiger partial charge in [-0.3, -0.25) is 39.1 Å². The number of nitrogens with zero attached hydrogens (tertiary/aromatic N) is 3. The van der Waals surface area contributed by atoms with E-state index in [9.17, 15) is 47.6 Å². The monoisotopic (exact) mass is 653 g/mol. The Morgan fingerprint density at radius 2 is 1.68 bits per heavy atom. The first-order valence-electron chi connectivity index (χ1n) is 13.1. The molecular formula is C28H20Cl2F3N3O8. The zero-order valence-corrected chi connectivity index (χ0v) is 23.9. The summed E-state index contributed by atoms with van der Waals surface area (Å²) in [6.07, 6.45) is -4.01. The minimum atomic E-state index is -5.10. The summed E-state index contributed by atoms with van der Waals surface area (Å²) in [7, 11) is 1.14. The molecule has 2 aromatic carbocycles. The van der Waals surface area contributed by atoms with Crippen molar-refractivity contribution < 1.29 is 47.1 Å². The van der Waals surface area contributed by atoms with Gasteiger partial charge in [-0.15, -0.1) is 36.4 Å². The number of aromatic hydroxyl groups is 1. The standard InChI is InChI=1S/C28H20Cl2F3N3O8/c1-34-24(40)26(29)11-18-15(21(27(26,30)25(34)41)17-10-14(6-9-19(17)37)44-28(31,32)33)7-8-16-20(18)23(39)35(22(16)38)12-2-4-13(5-3-12)36(42)43/h2-7,9-10,16,18,20-21,37H,8,11H2,1H3/t16-,18+,20-,21+,26+,27-/m0/s1. The van der Waals surface area contributed by atoms with Gasteiger partial charge in [0.1, 0.15) is 11.5 Å². The largest absolute Gasteiger partial charge is 0.573 e. The Morgan fingerprint density at radius 1 is 1.02 bits per heavy atom. The number of carbonyl (C=O) groups excluding carboxylic acids is 4. The Bertz CT molecular complexity index is 1700. The molecule has 2 aromatic rings. The summed E-state index contributed by atoms with van der Waals surface area (Å²) in [5.74, 6) is -9.14. The number of imide groups is 2. The van der Waals surface area contributed by atoms with Gasteiger partial charge in [0.05, 0.1) is 22.4 Å². The molecule has 2 aliphatic carbocycles. The van der Waals surface area contributed by atoms with Crippen molar-refractivity contribution in [2.24, 2.45) is 17.8 Å². The first kappa shape index (κ1) is 29.9. The summed E-state index contributed by atoms with van der Waals surface area (Å²) in [5, 5.41) is 22.0. The lowest BCUT2D eigenvalue weighted by Gasteiger charge is -2.50. The fourth-order valence-corrected chi connectivity index (χ4v) is 8.04. The van der Waals surface area contributed by atoms with Crippen LogP contribution in [0.4, 0.5) is 24.5 Å². The SMILES string of the molecule is CN1C(=O)[C@]2(Cl)C[C@@H]3C(=CC[C@@H]4C(=O)N(c5ccc([N+](=O)[O-])cc5)C(=O)[C@@H]43)[C@H](c3cc(OC(F)(F)F)ccc3O)[C@]2(Cl)C1=O. The summed E-state index contributed by atoms with van der Waals surface area (Å²) in [5.41, 5.74) is -0.263. The van der Waals surface area contributed by atoms with Gasteiger partial charge in [-0.2, -0.15) is 0 Å². The lowest BCUT2D eigenvalue weighted by molar-refractivity contribution is -0.384. The maximum atomic E-state index is 13.9. The fraction of sp³-hybridized carbons (Fsp3) is 0.357. The molecule has 0 aromatic heterocycles. The van der Waals surface area contributed by atoms with E-state index in [2.05, 4.69) is 4.74 Å². The van der Waals surface area contributed by atoms with Crippen LogP contribution in [-0.2, 0) is 19.2 Å². The van der Waals surface area contributed by atoms with Gasteiger partial charge >= 0.3 is 6.36 Å². The number of non-ortho nitro benzene ring substituents is 1. The Kier molecular flexibility index (Phi) is 6.56. The molecule has 16 heteroatoms. The van der Waals surface area contributed by atoms with Gasteiger partial charge in [0.25, 0.3) is 17.5 Å². The lowest BCUT2D eigenvalue weighted by atomic mass is 9.56. The van der Waals surface area contributed by atoms with E-state index in [0.717, 1.165) is 42.3 Å². The molecule has 2 heterocycles. The zero-order valence-electron chi connectivity index (χ0n) is 22.4. The van der Waals surface area contributed by atoms with Crippen LogP contribution in [0.15, 0.2) is 54.1 Å². The summed E-state index contributed by atoms with van der Waals surface area (Å²) < 4.78 is 43.4. The molecule has 44 heavy (non-hydrogen) atoms. The van der Waals surface area contributed by atoms with Crippen LogP contribution in [0.1, 0.15) is 24.3 Å². The topological polar surface area (TPSA) is 147 Å². The van der Waals surface area contributed by atoms with Crippen LogP contribution < -0.4 is 9.64 Å². The number of benzene rings is 2. The molecule has 1 saturated carbocycles. The van der Waals surface area contributed by atoms with Crippen LogP contribution in [0, 0.1) is 27.9 Å². The molecular weight excluding hydrogens is 634 g/mol. The number of hydrogen-bond acceptors (Lipinski definition) is 8. The molecule has 4 aliphatic rings. The van der Waals surface area contributed by atoms with E-state index in [1.165, 1.54) is 18.2 Å². The highest BCUT2D eigenvalue weighted by atomic mass is 35.5. The van der Waals surface area contributed by atoms with Crippen LogP contribution in [0.2, 0.25) is 0 Å². The maximum absolute atomic E-state index is 13.9. The van der Waals surface area contributed by atoms with Gasteiger partial charge < -0.3 is 9.84 Å². The highest BCUT2D eigenvalue weighted by Crippen LogP contribution is 2.66. The molecule has 0 spiro atoms. The Hall–Kier alpha value is -4.17. The van der Waals surface area contributed by atoms with Crippen molar-refractivity contribution in [3.63, 3.8) is 0 Å². The van der Waals surface area contributed by atoms with Gasteiger partial charge in [0.2, 0.25) is 11.8 Å². The Labute approximate surface area is 255 Å². The molecule has 0 bridgehead atoms. The molecule has 6 atom stereocenters. The number of carbonyl (C=O) groups is 4. The van der Waals surface area contributed by atoms with Crippen LogP contribution in [-0.4, -0.2) is 61.7 Å². The number of allylic oxidation sites excluding steroid dienone is 2. The van der Waals surface area contributed by atoms with Crippen molar-refractivity contribution in [1.82, 2.24) is 4.90 Å². The van der Waals surface area contributed by atoms with Crippen molar-refractivity contribution >= 4 is 58.2 Å². The molecule has 4 amide bonds. The van der Waals surface area contributed by atoms with Crippen molar-refractivity contribution in [2.45, 2.75) is 34.9 Å². The third-order valence-corrected chi connectivity index (χ3v) is 10.3. The van der Waals surface area contributed by atoms with E-state index >= 15 is 0 Å². The fourth-order valence-electron chi connectivity index (χ4n) is 7.03. The molecule has 0 radical (unpaired) electrons. The number of halogens is 5. The van der Waals surface area contributed by atoms with Crippen LogP contribution >= 0.6 is 23.2 Å². The summed E-state index contributed by atoms with van der Waals surface area (Å²) >= 11 is 14.0. The van der Waals surface area contributed by atoms with Gasteiger partial charge in [0.15, 0.2) is 9.75 Å². The molecule has 230 valence electrons. The van der Waals surface area contributed by atoms with Crippen LogP contribution in [0.25, 0.3) is 0 Å². The van der Waals surface area contributed by atoms with E-state index in [-0.39, 0.29) is 35.4 Å². The average Bonchev–Trinajstić information content (AvgIpc) is 3.28. The van der Waals surface area contributed by atoms with E-state index < -0.39 is 79.8 Å². The predicted molar refractivity (Wildman–Crippen MR) is 146 cm³/mol. The number of fused-ring (bicyclic) bond motifs is 4. The van der Waals surface area contributed by atoms with Crippen molar-refractivity contribution in [1.29, 1.82) is 0 Å². The number of hydrogen-bond donors (Lipinski definition) is 1. The maximum Gasteiger partial charge on any atom is 0.573 e. The number of rotatable bonds is 4. The number of ether oxygens (including phenoxy) is 1. The summed E-state index contributed by atoms with van der Waals surface area (Å²) in [6.45, 7) is 0. The molecule has 2 aliphatic heterocycles.